The maximum Gasteiger partial charge on any atom is 0.248 e. The molecule has 23 heavy (non-hydrogen) atoms. The van der Waals surface area contributed by atoms with Crippen LogP contribution in [0.5, 0.6) is 0 Å². The number of benzene rings is 2. The van der Waals surface area contributed by atoms with Crippen molar-refractivity contribution >= 4 is 11.4 Å². The largest absolute Gasteiger partial charge is 0.416 e. The maximum absolute atomic E-state index is 8.66. The van der Waals surface area contributed by atoms with Crippen LogP contribution in [-0.4, -0.2) is 10.2 Å². The first-order valence-electron chi connectivity index (χ1n) is 6.65. The van der Waals surface area contributed by atoms with E-state index in [4.69, 9.17) is 14.9 Å². The van der Waals surface area contributed by atoms with Crippen molar-refractivity contribution in [2.75, 3.05) is 10.6 Å². The number of hydrogen-bond acceptors (Lipinski definition) is 7. The molecule has 0 saturated carbocycles. The molecule has 1 heterocycles. The smallest absolute Gasteiger partial charge is 0.248 e. The molecule has 2 aromatic carbocycles. The summed E-state index contributed by atoms with van der Waals surface area (Å²) >= 11 is 0. The van der Waals surface area contributed by atoms with E-state index in [0.29, 0.717) is 34.3 Å². The lowest BCUT2D eigenvalue weighted by atomic mass is 10.2. The van der Waals surface area contributed by atoms with Crippen LogP contribution >= 0.6 is 0 Å². The summed E-state index contributed by atoms with van der Waals surface area (Å²) in [5.41, 5.74) is 2.69. The first-order valence-corrected chi connectivity index (χ1v) is 6.65. The molecular formula is C16H10N6O. The average Bonchev–Trinajstić information content (AvgIpc) is 3.06. The normalized spacial score (nSPS) is 9.65. The van der Waals surface area contributed by atoms with Gasteiger partial charge in [-0.05, 0) is 36.4 Å². The molecule has 2 N–H and O–H groups in total. The predicted molar refractivity (Wildman–Crippen MR) is 83.6 cm³/mol. The highest BCUT2D eigenvalue weighted by Gasteiger charge is 2.11. The summed E-state index contributed by atoms with van der Waals surface area (Å²) in [5, 5.41) is 30.5. The SMILES string of the molecule is N#CNc1cccc(-c2nnc(-c3cccc(NC#N)c3)o2)c1. The van der Waals surface area contributed by atoms with Crippen molar-refractivity contribution in [3.63, 3.8) is 0 Å². The Morgan fingerprint density at radius 2 is 1.26 bits per heavy atom. The van der Waals surface area contributed by atoms with Crippen molar-refractivity contribution in [2.24, 2.45) is 0 Å². The van der Waals surface area contributed by atoms with Gasteiger partial charge in [0.2, 0.25) is 11.8 Å². The Labute approximate surface area is 131 Å². The molecule has 0 radical (unpaired) electrons. The van der Waals surface area contributed by atoms with Gasteiger partial charge in [-0.15, -0.1) is 10.2 Å². The Kier molecular flexibility index (Phi) is 3.86. The van der Waals surface area contributed by atoms with Gasteiger partial charge in [0.05, 0.1) is 0 Å². The summed E-state index contributed by atoms with van der Waals surface area (Å²) in [6.07, 6.45) is 3.72. The Hall–Kier alpha value is -3.84. The van der Waals surface area contributed by atoms with Gasteiger partial charge >= 0.3 is 0 Å². The van der Waals surface area contributed by atoms with Crippen molar-refractivity contribution in [1.29, 1.82) is 10.5 Å². The van der Waals surface area contributed by atoms with Crippen molar-refractivity contribution in [3.8, 4) is 35.3 Å². The molecule has 0 aliphatic rings. The second-order valence-electron chi connectivity index (χ2n) is 4.55. The molecule has 110 valence electrons. The van der Waals surface area contributed by atoms with Gasteiger partial charge < -0.3 is 4.42 Å². The van der Waals surface area contributed by atoms with Crippen LogP contribution < -0.4 is 10.6 Å². The zero-order chi connectivity index (χ0) is 16.1. The summed E-state index contributed by atoms with van der Waals surface area (Å²) in [4.78, 5) is 0. The molecule has 0 spiro atoms. The van der Waals surface area contributed by atoms with Crippen LogP contribution in [0.1, 0.15) is 0 Å². The molecule has 0 unspecified atom stereocenters. The van der Waals surface area contributed by atoms with Crippen LogP contribution in [0.4, 0.5) is 11.4 Å². The van der Waals surface area contributed by atoms with Gasteiger partial charge in [-0.3, -0.25) is 10.6 Å². The van der Waals surface area contributed by atoms with E-state index >= 15 is 0 Å². The van der Waals surface area contributed by atoms with E-state index in [1.165, 1.54) is 0 Å². The van der Waals surface area contributed by atoms with Crippen LogP contribution in [-0.2, 0) is 0 Å². The molecule has 3 aromatic rings. The van der Waals surface area contributed by atoms with E-state index in [1.54, 1.807) is 36.4 Å². The fraction of sp³-hybridized carbons (Fsp3) is 0. The maximum atomic E-state index is 8.66. The van der Waals surface area contributed by atoms with E-state index in [-0.39, 0.29) is 0 Å². The van der Waals surface area contributed by atoms with Gasteiger partial charge in [0.25, 0.3) is 0 Å². The minimum absolute atomic E-state index is 0.347. The van der Waals surface area contributed by atoms with Crippen molar-refractivity contribution in [2.45, 2.75) is 0 Å². The molecule has 0 amide bonds. The summed E-state index contributed by atoms with van der Waals surface area (Å²) in [6, 6.07) is 14.2. The lowest BCUT2D eigenvalue weighted by Crippen LogP contribution is -1.87. The third-order valence-corrected chi connectivity index (χ3v) is 3.04. The first kappa shape index (κ1) is 14.1. The number of hydrogen-bond donors (Lipinski definition) is 2. The van der Waals surface area contributed by atoms with E-state index in [1.807, 2.05) is 24.5 Å². The molecule has 3 rings (SSSR count). The zero-order valence-electron chi connectivity index (χ0n) is 11.8. The Morgan fingerprint density at radius 1 is 0.783 bits per heavy atom. The van der Waals surface area contributed by atoms with Crippen LogP contribution in [0.25, 0.3) is 22.9 Å². The van der Waals surface area contributed by atoms with Gasteiger partial charge in [0, 0.05) is 22.5 Å². The fourth-order valence-corrected chi connectivity index (χ4v) is 2.05. The molecule has 1 aromatic heterocycles. The topological polar surface area (TPSA) is 111 Å². The van der Waals surface area contributed by atoms with E-state index in [2.05, 4.69) is 20.8 Å². The van der Waals surface area contributed by atoms with Crippen LogP contribution in [0.15, 0.2) is 52.9 Å². The molecule has 0 atom stereocenters. The van der Waals surface area contributed by atoms with Crippen molar-refractivity contribution in [1.82, 2.24) is 10.2 Å². The molecule has 0 saturated heterocycles. The molecular weight excluding hydrogens is 292 g/mol. The molecule has 0 fully saturated rings. The standard InChI is InChI=1S/C16H10N6O/c17-9-19-13-5-1-3-11(7-13)15-21-22-16(23-15)12-4-2-6-14(8-12)20-10-18/h1-8,19-20H. The number of nitriles is 2. The predicted octanol–water partition coefficient (Wildman–Crippen LogP) is 3.19. The van der Waals surface area contributed by atoms with Gasteiger partial charge in [-0.1, -0.05) is 12.1 Å². The minimum Gasteiger partial charge on any atom is -0.416 e. The van der Waals surface area contributed by atoms with Crippen molar-refractivity contribution < 1.29 is 4.42 Å². The highest BCUT2D eigenvalue weighted by atomic mass is 16.4. The fourth-order valence-electron chi connectivity index (χ4n) is 2.05. The Bertz CT molecular complexity index is 845. The summed E-state index contributed by atoms with van der Waals surface area (Å²) < 4.78 is 5.68. The molecule has 0 bridgehead atoms. The number of anilines is 2. The molecule has 7 nitrogen and oxygen atoms in total. The van der Waals surface area contributed by atoms with E-state index in [9.17, 15) is 0 Å². The van der Waals surface area contributed by atoms with Gasteiger partial charge in [0.15, 0.2) is 12.4 Å². The number of aromatic nitrogens is 2. The van der Waals surface area contributed by atoms with Crippen LogP contribution in [0, 0.1) is 22.9 Å². The average molecular weight is 302 g/mol. The lowest BCUT2D eigenvalue weighted by molar-refractivity contribution is 0.584. The summed E-state index contributed by atoms with van der Waals surface area (Å²) in [6.45, 7) is 0. The quantitative estimate of drug-likeness (QED) is 0.562. The number of nitrogens with zero attached hydrogens (tertiary/aromatic N) is 4. The Balaban J connectivity index is 1.92. The highest BCUT2D eigenvalue weighted by molar-refractivity contribution is 5.65. The number of nitrogens with one attached hydrogen (secondary N) is 2. The summed E-state index contributed by atoms with van der Waals surface area (Å²) in [5.74, 6) is 0.695. The second kappa shape index (κ2) is 6.29. The van der Waals surface area contributed by atoms with E-state index < -0.39 is 0 Å². The van der Waals surface area contributed by atoms with Crippen LogP contribution in [0.3, 0.4) is 0 Å². The minimum atomic E-state index is 0.347. The third kappa shape index (κ3) is 3.09. The number of rotatable bonds is 4. The van der Waals surface area contributed by atoms with Gasteiger partial charge in [0.1, 0.15) is 0 Å². The monoisotopic (exact) mass is 302 g/mol. The zero-order valence-corrected chi connectivity index (χ0v) is 11.8. The highest BCUT2D eigenvalue weighted by Crippen LogP contribution is 2.26. The Morgan fingerprint density at radius 3 is 1.70 bits per heavy atom. The summed E-state index contributed by atoms with van der Waals surface area (Å²) in [7, 11) is 0. The molecule has 7 heteroatoms. The third-order valence-electron chi connectivity index (χ3n) is 3.04. The van der Waals surface area contributed by atoms with Gasteiger partial charge in [-0.25, -0.2) is 0 Å². The lowest BCUT2D eigenvalue weighted by Gasteiger charge is -2.00. The van der Waals surface area contributed by atoms with Crippen LogP contribution in [0.2, 0.25) is 0 Å². The first-order chi connectivity index (χ1) is 11.3. The molecule has 0 aliphatic heterocycles. The van der Waals surface area contributed by atoms with E-state index in [0.717, 1.165) is 0 Å². The van der Waals surface area contributed by atoms with Gasteiger partial charge in [-0.2, -0.15) is 10.5 Å². The second-order valence-corrected chi connectivity index (χ2v) is 4.55. The molecule has 0 aliphatic carbocycles. The van der Waals surface area contributed by atoms with Crippen molar-refractivity contribution in [3.05, 3.63) is 48.5 Å².